The fourth-order valence-corrected chi connectivity index (χ4v) is 3.04. The molecule has 1 saturated carbocycles. The molecule has 2 N–H and O–H groups in total. The van der Waals surface area contributed by atoms with Crippen molar-refractivity contribution in [3.05, 3.63) is 35.9 Å². The van der Waals surface area contributed by atoms with E-state index in [-0.39, 0.29) is 12.1 Å². The van der Waals surface area contributed by atoms with Crippen molar-refractivity contribution >= 4 is 6.03 Å². The Kier molecular flexibility index (Phi) is 5.88. The number of nitrogens with one attached hydrogen (secondary N) is 2. The molecular formula is C18H26N2O3. The third kappa shape index (κ3) is 5.22. The van der Waals surface area contributed by atoms with Crippen molar-refractivity contribution in [1.82, 2.24) is 10.6 Å². The van der Waals surface area contributed by atoms with Gasteiger partial charge in [-0.05, 0) is 36.7 Å². The third-order valence-corrected chi connectivity index (χ3v) is 4.52. The van der Waals surface area contributed by atoms with Gasteiger partial charge in [0.05, 0.1) is 12.7 Å². The van der Waals surface area contributed by atoms with Gasteiger partial charge in [0, 0.05) is 26.3 Å². The third-order valence-electron chi connectivity index (χ3n) is 4.52. The highest BCUT2D eigenvalue weighted by Gasteiger charge is 2.37. The van der Waals surface area contributed by atoms with Gasteiger partial charge in [0.1, 0.15) is 0 Å². The van der Waals surface area contributed by atoms with E-state index in [4.69, 9.17) is 9.47 Å². The Morgan fingerprint density at radius 3 is 2.91 bits per heavy atom. The topological polar surface area (TPSA) is 59.6 Å². The molecule has 3 rings (SSSR count). The van der Waals surface area contributed by atoms with E-state index in [9.17, 15) is 4.79 Å². The van der Waals surface area contributed by atoms with E-state index in [1.54, 1.807) is 0 Å². The molecule has 1 aromatic rings. The molecule has 0 aromatic heterocycles. The van der Waals surface area contributed by atoms with Gasteiger partial charge in [-0.15, -0.1) is 0 Å². The molecule has 23 heavy (non-hydrogen) atoms. The van der Waals surface area contributed by atoms with Gasteiger partial charge in [0.25, 0.3) is 0 Å². The van der Waals surface area contributed by atoms with Gasteiger partial charge in [-0.2, -0.15) is 0 Å². The first kappa shape index (κ1) is 16.3. The van der Waals surface area contributed by atoms with E-state index in [1.807, 2.05) is 6.07 Å². The highest BCUT2D eigenvalue weighted by Crippen LogP contribution is 2.46. The van der Waals surface area contributed by atoms with Gasteiger partial charge in [-0.1, -0.05) is 30.3 Å². The smallest absolute Gasteiger partial charge is 0.314 e. The van der Waals surface area contributed by atoms with E-state index in [0.717, 1.165) is 26.0 Å². The molecule has 1 saturated heterocycles. The summed E-state index contributed by atoms with van der Waals surface area (Å²) in [6.07, 6.45) is 3.23. The zero-order chi connectivity index (χ0) is 15.9. The van der Waals surface area contributed by atoms with Crippen molar-refractivity contribution in [2.45, 2.75) is 31.3 Å². The first-order chi connectivity index (χ1) is 11.3. The molecule has 0 spiro atoms. The summed E-state index contributed by atoms with van der Waals surface area (Å²) in [4.78, 5) is 11.8. The predicted molar refractivity (Wildman–Crippen MR) is 88.5 cm³/mol. The summed E-state index contributed by atoms with van der Waals surface area (Å²) < 4.78 is 10.9. The lowest BCUT2D eigenvalue weighted by Gasteiger charge is -2.10. The van der Waals surface area contributed by atoms with Crippen LogP contribution in [0.5, 0.6) is 0 Å². The fourth-order valence-electron chi connectivity index (χ4n) is 3.04. The van der Waals surface area contributed by atoms with Crippen LogP contribution in [0.4, 0.5) is 4.79 Å². The largest absolute Gasteiger partial charge is 0.379 e. The molecule has 126 valence electrons. The molecule has 2 aliphatic rings. The first-order valence-corrected chi connectivity index (χ1v) is 8.59. The maximum atomic E-state index is 11.8. The van der Waals surface area contributed by atoms with Gasteiger partial charge >= 0.3 is 6.03 Å². The maximum absolute atomic E-state index is 11.8. The number of hydrogen-bond acceptors (Lipinski definition) is 3. The van der Waals surface area contributed by atoms with Crippen LogP contribution < -0.4 is 10.6 Å². The van der Waals surface area contributed by atoms with E-state index in [2.05, 4.69) is 34.9 Å². The lowest BCUT2D eigenvalue weighted by molar-refractivity contribution is 0.0418. The van der Waals surface area contributed by atoms with Crippen LogP contribution in [0.1, 0.15) is 30.7 Å². The first-order valence-electron chi connectivity index (χ1n) is 8.59. The Morgan fingerprint density at radius 1 is 1.26 bits per heavy atom. The Hall–Kier alpha value is -1.59. The second-order valence-corrected chi connectivity index (χ2v) is 6.36. The summed E-state index contributed by atoms with van der Waals surface area (Å²) >= 11 is 0. The molecule has 1 aliphatic carbocycles. The predicted octanol–water partition coefficient (Wildman–Crippen LogP) is 2.28. The van der Waals surface area contributed by atoms with Crippen LogP contribution in [0, 0.1) is 5.92 Å². The Labute approximate surface area is 137 Å². The van der Waals surface area contributed by atoms with E-state index >= 15 is 0 Å². The van der Waals surface area contributed by atoms with Crippen LogP contribution in [0.25, 0.3) is 0 Å². The van der Waals surface area contributed by atoms with Crippen molar-refractivity contribution in [2.24, 2.45) is 5.92 Å². The van der Waals surface area contributed by atoms with Crippen LogP contribution in [0.3, 0.4) is 0 Å². The van der Waals surface area contributed by atoms with Crippen LogP contribution in [0.2, 0.25) is 0 Å². The molecule has 1 aliphatic heterocycles. The van der Waals surface area contributed by atoms with E-state index in [0.29, 0.717) is 31.6 Å². The van der Waals surface area contributed by atoms with Crippen molar-refractivity contribution in [2.75, 3.05) is 32.9 Å². The molecule has 3 atom stereocenters. The van der Waals surface area contributed by atoms with Crippen LogP contribution in [-0.4, -0.2) is 45.0 Å². The Morgan fingerprint density at radius 2 is 2.13 bits per heavy atom. The van der Waals surface area contributed by atoms with Gasteiger partial charge in [-0.3, -0.25) is 0 Å². The Bertz CT molecular complexity index is 488. The summed E-state index contributed by atoms with van der Waals surface area (Å²) in [6.45, 7) is 3.58. The van der Waals surface area contributed by atoms with Crippen molar-refractivity contribution < 1.29 is 14.3 Å². The van der Waals surface area contributed by atoms with Crippen LogP contribution in [-0.2, 0) is 9.47 Å². The molecule has 1 heterocycles. The molecule has 2 amide bonds. The second kappa shape index (κ2) is 8.31. The zero-order valence-electron chi connectivity index (χ0n) is 13.5. The van der Waals surface area contributed by atoms with Crippen molar-refractivity contribution in [3.8, 4) is 0 Å². The standard InChI is InChI=1S/C18H26N2O3/c21-18(19-8-4-9-23-16-7-10-22-13-16)20-12-15-11-17(15)14-5-2-1-3-6-14/h1-3,5-6,15-17H,4,7-13H2,(H2,19,20,21). The monoisotopic (exact) mass is 318 g/mol. The molecule has 2 fully saturated rings. The number of ether oxygens (including phenoxy) is 2. The summed E-state index contributed by atoms with van der Waals surface area (Å²) in [5.41, 5.74) is 1.38. The van der Waals surface area contributed by atoms with Crippen molar-refractivity contribution in [3.63, 3.8) is 0 Å². The minimum atomic E-state index is -0.0760. The van der Waals surface area contributed by atoms with Crippen LogP contribution in [0.15, 0.2) is 30.3 Å². The number of hydrogen-bond donors (Lipinski definition) is 2. The second-order valence-electron chi connectivity index (χ2n) is 6.36. The number of carbonyl (C=O) groups is 1. The summed E-state index contributed by atoms with van der Waals surface area (Å²) in [5.74, 6) is 1.19. The van der Waals surface area contributed by atoms with Crippen LogP contribution >= 0.6 is 0 Å². The molecule has 5 nitrogen and oxygen atoms in total. The maximum Gasteiger partial charge on any atom is 0.314 e. The number of amides is 2. The summed E-state index contributed by atoms with van der Waals surface area (Å²) in [6, 6.07) is 10.4. The highest BCUT2D eigenvalue weighted by molar-refractivity contribution is 5.73. The van der Waals surface area contributed by atoms with E-state index in [1.165, 1.54) is 12.0 Å². The number of carbonyl (C=O) groups excluding carboxylic acids is 1. The molecular weight excluding hydrogens is 292 g/mol. The minimum absolute atomic E-state index is 0.0760. The van der Waals surface area contributed by atoms with Gasteiger partial charge in [0.15, 0.2) is 0 Å². The van der Waals surface area contributed by atoms with E-state index < -0.39 is 0 Å². The quantitative estimate of drug-likeness (QED) is 0.723. The average molecular weight is 318 g/mol. The summed E-state index contributed by atoms with van der Waals surface area (Å²) in [7, 11) is 0. The molecule has 1 aromatic carbocycles. The molecule has 5 heteroatoms. The van der Waals surface area contributed by atoms with Gasteiger partial charge in [-0.25, -0.2) is 4.79 Å². The SMILES string of the molecule is O=C(NCCCOC1CCOC1)NCC1CC1c1ccccc1. The van der Waals surface area contributed by atoms with Gasteiger partial charge in [0.2, 0.25) is 0 Å². The molecule has 0 bridgehead atoms. The molecule has 0 radical (unpaired) electrons. The van der Waals surface area contributed by atoms with Gasteiger partial charge < -0.3 is 20.1 Å². The highest BCUT2D eigenvalue weighted by atomic mass is 16.5. The molecule has 3 unspecified atom stereocenters. The van der Waals surface area contributed by atoms with Crippen molar-refractivity contribution in [1.29, 1.82) is 0 Å². The fraction of sp³-hybridized carbons (Fsp3) is 0.611. The summed E-state index contributed by atoms with van der Waals surface area (Å²) in [5, 5.41) is 5.85. The lowest BCUT2D eigenvalue weighted by atomic mass is 10.1. The normalized spacial score (nSPS) is 26.0. The Balaban J connectivity index is 1.21. The number of rotatable bonds is 8. The zero-order valence-corrected chi connectivity index (χ0v) is 13.5. The minimum Gasteiger partial charge on any atom is -0.379 e. The average Bonchev–Trinajstić information content (AvgIpc) is 3.18. The number of benzene rings is 1. The lowest BCUT2D eigenvalue weighted by Crippen LogP contribution is -2.37. The number of urea groups is 1.